The topological polar surface area (TPSA) is 145 Å². The van der Waals surface area contributed by atoms with Crippen molar-refractivity contribution in [3.05, 3.63) is 96.3 Å². The van der Waals surface area contributed by atoms with Crippen LogP contribution >= 0.6 is 0 Å². The summed E-state index contributed by atoms with van der Waals surface area (Å²) in [5.74, 6) is -0.640. The van der Waals surface area contributed by atoms with Crippen molar-refractivity contribution in [3.63, 3.8) is 0 Å². The average molecular weight is 482 g/mol. The van der Waals surface area contributed by atoms with Crippen LogP contribution in [0.2, 0.25) is 0 Å². The minimum absolute atomic E-state index is 0.0182. The summed E-state index contributed by atoms with van der Waals surface area (Å²) in [5, 5.41) is 35.6. The van der Waals surface area contributed by atoms with Crippen molar-refractivity contribution in [2.24, 2.45) is 0 Å². The maximum absolute atomic E-state index is 12.2. The molecule has 0 saturated heterocycles. The predicted molar refractivity (Wildman–Crippen MR) is 136 cm³/mol. The highest BCUT2D eigenvalue weighted by atomic mass is 16.3. The highest BCUT2D eigenvalue weighted by Gasteiger charge is 2.12. The molecule has 0 aliphatic heterocycles. The van der Waals surface area contributed by atoms with Crippen LogP contribution in [0.3, 0.4) is 0 Å². The summed E-state index contributed by atoms with van der Waals surface area (Å²) in [6, 6.07) is 23.2. The maximum Gasteiger partial charge on any atom is 0.274 e. The van der Waals surface area contributed by atoms with Crippen LogP contribution in [-0.4, -0.2) is 44.1 Å². The molecule has 2 aromatic heterocycles. The second kappa shape index (κ2) is 10.4. The number of hydrogen-bond donors (Lipinski definition) is 5. The lowest BCUT2D eigenvalue weighted by Crippen LogP contribution is -2.18. The van der Waals surface area contributed by atoms with Gasteiger partial charge in [-0.3, -0.25) is 9.59 Å². The Morgan fingerprint density at radius 2 is 1.11 bits per heavy atom. The van der Waals surface area contributed by atoms with Gasteiger partial charge in [0.15, 0.2) is 0 Å². The van der Waals surface area contributed by atoms with Crippen molar-refractivity contribution < 1.29 is 24.9 Å². The van der Waals surface area contributed by atoms with Gasteiger partial charge in [-0.15, -0.1) is 0 Å². The lowest BCUT2D eigenvalue weighted by atomic mass is 10.2. The van der Waals surface area contributed by atoms with E-state index in [1.807, 2.05) is 6.07 Å². The lowest BCUT2D eigenvalue weighted by Gasteiger charge is -2.07. The number of pyridine rings is 2. The van der Waals surface area contributed by atoms with Gasteiger partial charge in [0.1, 0.15) is 39.7 Å². The SMILES string of the molecule is CNC(=O)c1ccc2cccc(O)c2n1.O=C(Nc1ccccc1O)c1ccc2cccc(O)c2n1. The summed E-state index contributed by atoms with van der Waals surface area (Å²) in [6.07, 6.45) is 0. The zero-order chi connectivity index (χ0) is 25.7. The minimum Gasteiger partial charge on any atom is -0.506 e. The molecule has 0 fully saturated rings. The number of carbonyl (C=O) groups is 2. The van der Waals surface area contributed by atoms with Gasteiger partial charge in [0.25, 0.3) is 11.8 Å². The molecular weight excluding hydrogens is 460 g/mol. The monoisotopic (exact) mass is 482 g/mol. The molecule has 3 aromatic carbocycles. The Morgan fingerprint density at radius 1 is 0.611 bits per heavy atom. The first-order valence-electron chi connectivity index (χ1n) is 10.9. The standard InChI is InChI=1S/C16H12N2O3.C11H10N2O2/c19-13-6-2-1-5-11(13)18-16(21)12-9-8-10-4-3-7-14(20)15(10)17-12;1-12-11(15)8-6-5-7-3-2-4-9(14)10(7)13-8/h1-9,19-20H,(H,18,21);2-6,14H,1H3,(H,12,15). The Bertz CT molecular complexity index is 1590. The summed E-state index contributed by atoms with van der Waals surface area (Å²) in [4.78, 5) is 31.7. The van der Waals surface area contributed by atoms with E-state index in [0.717, 1.165) is 10.8 Å². The summed E-state index contributed by atoms with van der Waals surface area (Å²) in [5.41, 5.74) is 1.57. The highest BCUT2D eigenvalue weighted by molar-refractivity contribution is 6.05. The van der Waals surface area contributed by atoms with Gasteiger partial charge in [-0.25, -0.2) is 9.97 Å². The van der Waals surface area contributed by atoms with E-state index in [0.29, 0.717) is 22.4 Å². The Kier molecular flexibility index (Phi) is 6.92. The number of phenolic OH excluding ortho intramolecular Hbond substituents is 3. The van der Waals surface area contributed by atoms with Crippen molar-refractivity contribution in [1.29, 1.82) is 0 Å². The van der Waals surface area contributed by atoms with Crippen LogP contribution < -0.4 is 10.6 Å². The number of nitrogens with one attached hydrogen (secondary N) is 2. The molecule has 0 saturated carbocycles. The third-order valence-corrected chi connectivity index (χ3v) is 5.24. The van der Waals surface area contributed by atoms with Gasteiger partial charge in [-0.2, -0.15) is 0 Å². The van der Waals surface area contributed by atoms with Crippen LogP contribution in [0, 0.1) is 0 Å². The Labute approximate surface area is 205 Å². The van der Waals surface area contributed by atoms with Crippen LogP contribution in [-0.2, 0) is 0 Å². The number of rotatable bonds is 3. The van der Waals surface area contributed by atoms with E-state index < -0.39 is 5.91 Å². The van der Waals surface area contributed by atoms with Gasteiger partial charge in [-0.05, 0) is 36.4 Å². The number of nitrogens with zero attached hydrogens (tertiary/aromatic N) is 2. The first-order chi connectivity index (χ1) is 17.4. The number of anilines is 1. The molecule has 9 heteroatoms. The summed E-state index contributed by atoms with van der Waals surface area (Å²) < 4.78 is 0. The van der Waals surface area contributed by atoms with E-state index in [1.165, 1.54) is 12.1 Å². The number of carbonyl (C=O) groups excluding carboxylic acids is 2. The second-order valence-electron chi connectivity index (χ2n) is 7.64. The Balaban J connectivity index is 0.000000179. The number of benzene rings is 3. The fraction of sp³-hybridized carbons (Fsp3) is 0.0370. The third kappa shape index (κ3) is 5.15. The first-order valence-corrected chi connectivity index (χ1v) is 10.9. The van der Waals surface area contributed by atoms with E-state index in [9.17, 15) is 24.9 Å². The first kappa shape index (κ1) is 24.0. The quantitative estimate of drug-likeness (QED) is 0.242. The van der Waals surface area contributed by atoms with Gasteiger partial charge in [0.2, 0.25) is 0 Å². The van der Waals surface area contributed by atoms with Crippen molar-refractivity contribution in [3.8, 4) is 17.2 Å². The van der Waals surface area contributed by atoms with Crippen LogP contribution in [0.4, 0.5) is 5.69 Å². The maximum atomic E-state index is 12.2. The molecule has 2 heterocycles. The zero-order valence-electron chi connectivity index (χ0n) is 19.1. The van der Waals surface area contributed by atoms with E-state index >= 15 is 0 Å². The number of aromatic hydroxyl groups is 3. The highest BCUT2D eigenvalue weighted by Crippen LogP contribution is 2.25. The smallest absolute Gasteiger partial charge is 0.274 e. The van der Waals surface area contributed by atoms with Crippen LogP contribution in [0.5, 0.6) is 17.2 Å². The van der Waals surface area contributed by atoms with E-state index in [-0.39, 0.29) is 28.8 Å². The number of para-hydroxylation sites is 4. The zero-order valence-corrected chi connectivity index (χ0v) is 19.1. The normalized spacial score (nSPS) is 10.4. The van der Waals surface area contributed by atoms with E-state index in [2.05, 4.69) is 20.6 Å². The molecule has 5 rings (SSSR count). The molecule has 0 bridgehead atoms. The number of fused-ring (bicyclic) bond motifs is 2. The number of hydrogen-bond acceptors (Lipinski definition) is 7. The molecule has 0 atom stereocenters. The molecule has 0 radical (unpaired) electrons. The third-order valence-electron chi connectivity index (χ3n) is 5.24. The molecule has 0 unspecified atom stereocenters. The van der Waals surface area contributed by atoms with Crippen molar-refractivity contribution in [2.75, 3.05) is 12.4 Å². The van der Waals surface area contributed by atoms with Gasteiger partial charge in [0, 0.05) is 17.8 Å². The van der Waals surface area contributed by atoms with Gasteiger partial charge < -0.3 is 26.0 Å². The van der Waals surface area contributed by atoms with Gasteiger partial charge >= 0.3 is 0 Å². The summed E-state index contributed by atoms with van der Waals surface area (Å²) >= 11 is 0. The molecule has 36 heavy (non-hydrogen) atoms. The molecule has 2 amide bonds. The minimum atomic E-state index is -0.457. The summed E-state index contributed by atoms with van der Waals surface area (Å²) in [6.45, 7) is 0. The largest absolute Gasteiger partial charge is 0.506 e. The van der Waals surface area contributed by atoms with Crippen LogP contribution in [0.1, 0.15) is 21.0 Å². The average Bonchev–Trinajstić information content (AvgIpc) is 2.90. The molecule has 9 nitrogen and oxygen atoms in total. The van der Waals surface area contributed by atoms with Crippen molar-refractivity contribution in [1.82, 2.24) is 15.3 Å². The lowest BCUT2D eigenvalue weighted by molar-refractivity contribution is 0.0957. The van der Waals surface area contributed by atoms with Crippen molar-refractivity contribution in [2.45, 2.75) is 0 Å². The molecular formula is C27H22N4O5. The Morgan fingerprint density at radius 3 is 1.64 bits per heavy atom. The number of aromatic nitrogens is 2. The van der Waals surface area contributed by atoms with Gasteiger partial charge in [-0.1, -0.05) is 48.5 Å². The molecule has 5 aromatic rings. The molecule has 0 aliphatic rings. The van der Waals surface area contributed by atoms with Crippen LogP contribution in [0.15, 0.2) is 84.9 Å². The fourth-order valence-corrected chi connectivity index (χ4v) is 3.41. The van der Waals surface area contributed by atoms with Crippen molar-refractivity contribution >= 4 is 39.3 Å². The predicted octanol–water partition coefficient (Wildman–Crippen LogP) is 4.20. The molecule has 0 aliphatic carbocycles. The molecule has 0 spiro atoms. The number of phenols is 3. The van der Waals surface area contributed by atoms with E-state index in [4.69, 9.17) is 0 Å². The van der Waals surface area contributed by atoms with Crippen LogP contribution in [0.25, 0.3) is 21.8 Å². The van der Waals surface area contributed by atoms with E-state index in [1.54, 1.807) is 73.8 Å². The Hall–Kier alpha value is -5.18. The second-order valence-corrected chi connectivity index (χ2v) is 7.64. The molecule has 5 N–H and O–H groups in total. The molecule has 180 valence electrons. The fourth-order valence-electron chi connectivity index (χ4n) is 3.41. The van der Waals surface area contributed by atoms with Gasteiger partial charge in [0.05, 0.1) is 5.69 Å². The number of amides is 2. The summed E-state index contributed by atoms with van der Waals surface area (Å²) in [7, 11) is 1.54.